The van der Waals surface area contributed by atoms with E-state index in [2.05, 4.69) is 15.4 Å². The Morgan fingerprint density at radius 3 is 2.70 bits per heavy atom. The third kappa shape index (κ3) is 5.69. The summed E-state index contributed by atoms with van der Waals surface area (Å²) in [6.07, 6.45) is 0.596. The first-order valence-corrected chi connectivity index (χ1v) is 6.45. The molecule has 0 aliphatic rings. The molecule has 0 bridgehead atoms. The van der Waals surface area contributed by atoms with Gasteiger partial charge in [0.25, 0.3) is 0 Å². The summed E-state index contributed by atoms with van der Waals surface area (Å²) >= 11 is 0. The van der Waals surface area contributed by atoms with E-state index in [0.717, 1.165) is 11.1 Å². The van der Waals surface area contributed by atoms with Crippen LogP contribution in [0.15, 0.2) is 18.2 Å². The van der Waals surface area contributed by atoms with Crippen LogP contribution in [0.25, 0.3) is 0 Å². The van der Waals surface area contributed by atoms with Gasteiger partial charge in [-0.3, -0.25) is 4.79 Å². The van der Waals surface area contributed by atoms with E-state index in [1.165, 1.54) is 12.1 Å². The maximum atomic E-state index is 12.9. The molecule has 0 aliphatic heterocycles. The number of hydrogen-bond acceptors (Lipinski definition) is 3. The van der Waals surface area contributed by atoms with Gasteiger partial charge in [-0.1, -0.05) is 6.07 Å². The molecule has 5 nitrogen and oxygen atoms in total. The second kappa shape index (κ2) is 8.14. The standard InChI is InChI=1S/C14H19FN2O3/c1-3-20-13(18)9-17-14(19)16-7-6-11-4-5-12(15)8-10(11)2/h4-5,8H,3,6-7,9H2,1-2H3,(H2,16,17,19). The monoisotopic (exact) mass is 282 g/mol. The van der Waals surface area contributed by atoms with Crippen molar-refractivity contribution in [3.63, 3.8) is 0 Å². The predicted molar refractivity (Wildman–Crippen MR) is 72.9 cm³/mol. The highest BCUT2D eigenvalue weighted by atomic mass is 19.1. The number of benzene rings is 1. The summed E-state index contributed by atoms with van der Waals surface area (Å²) in [6.45, 7) is 4.05. The average Bonchev–Trinajstić information content (AvgIpc) is 2.39. The molecule has 0 atom stereocenters. The number of halogens is 1. The van der Waals surface area contributed by atoms with Gasteiger partial charge in [-0.25, -0.2) is 9.18 Å². The lowest BCUT2D eigenvalue weighted by Crippen LogP contribution is -2.39. The van der Waals surface area contributed by atoms with Gasteiger partial charge in [-0.15, -0.1) is 0 Å². The first-order valence-electron chi connectivity index (χ1n) is 6.45. The first kappa shape index (κ1) is 15.9. The fraction of sp³-hybridized carbons (Fsp3) is 0.429. The van der Waals surface area contributed by atoms with E-state index in [4.69, 9.17) is 0 Å². The quantitative estimate of drug-likeness (QED) is 0.778. The van der Waals surface area contributed by atoms with Crippen LogP contribution in [0, 0.1) is 12.7 Å². The Hall–Kier alpha value is -2.11. The Morgan fingerprint density at radius 2 is 2.05 bits per heavy atom. The Kier molecular flexibility index (Phi) is 6.49. The zero-order chi connectivity index (χ0) is 15.0. The van der Waals surface area contributed by atoms with Gasteiger partial charge in [0.15, 0.2) is 0 Å². The summed E-state index contributed by atoms with van der Waals surface area (Å²) in [5.74, 6) is -0.747. The number of amides is 2. The SMILES string of the molecule is CCOC(=O)CNC(=O)NCCc1ccc(F)cc1C. The van der Waals surface area contributed by atoms with Crippen LogP contribution in [0.4, 0.5) is 9.18 Å². The van der Waals surface area contributed by atoms with Crippen molar-refractivity contribution < 1.29 is 18.7 Å². The highest BCUT2D eigenvalue weighted by molar-refractivity contribution is 5.80. The molecule has 1 aromatic carbocycles. The molecule has 110 valence electrons. The molecule has 0 fully saturated rings. The minimum absolute atomic E-state index is 0.157. The summed E-state index contributed by atoms with van der Waals surface area (Å²) in [5, 5.41) is 5.01. The van der Waals surface area contributed by atoms with E-state index >= 15 is 0 Å². The number of rotatable bonds is 6. The van der Waals surface area contributed by atoms with Crippen LogP contribution in [0.5, 0.6) is 0 Å². The summed E-state index contributed by atoms with van der Waals surface area (Å²) in [4.78, 5) is 22.4. The van der Waals surface area contributed by atoms with E-state index in [-0.39, 0.29) is 19.0 Å². The van der Waals surface area contributed by atoms with E-state index < -0.39 is 12.0 Å². The molecule has 0 aliphatic carbocycles. The molecule has 0 spiro atoms. The highest BCUT2D eigenvalue weighted by Gasteiger charge is 2.05. The number of nitrogens with one attached hydrogen (secondary N) is 2. The molecule has 0 unspecified atom stereocenters. The molecule has 0 radical (unpaired) electrons. The van der Waals surface area contributed by atoms with Gasteiger partial charge >= 0.3 is 12.0 Å². The second-order valence-electron chi connectivity index (χ2n) is 4.24. The molecule has 0 heterocycles. The van der Waals surface area contributed by atoms with Gasteiger partial charge in [0.2, 0.25) is 0 Å². The van der Waals surface area contributed by atoms with Crippen LogP contribution in [-0.2, 0) is 16.0 Å². The van der Waals surface area contributed by atoms with Crippen LogP contribution in [0.2, 0.25) is 0 Å². The summed E-state index contributed by atoms with van der Waals surface area (Å²) < 4.78 is 17.6. The Balaban J connectivity index is 2.26. The third-order valence-corrected chi connectivity index (χ3v) is 2.68. The highest BCUT2D eigenvalue weighted by Crippen LogP contribution is 2.10. The topological polar surface area (TPSA) is 67.4 Å². The molecule has 1 rings (SSSR count). The number of urea groups is 1. The molecule has 1 aromatic rings. The van der Waals surface area contributed by atoms with Crippen molar-refractivity contribution >= 4 is 12.0 Å². The van der Waals surface area contributed by atoms with Crippen LogP contribution >= 0.6 is 0 Å². The Bertz CT molecular complexity index is 477. The molecular weight excluding hydrogens is 263 g/mol. The predicted octanol–water partition coefficient (Wildman–Crippen LogP) is 1.54. The first-order chi connectivity index (χ1) is 9.52. The van der Waals surface area contributed by atoms with E-state index in [0.29, 0.717) is 13.0 Å². The Labute approximate surface area is 117 Å². The van der Waals surface area contributed by atoms with Crippen LogP contribution in [0.3, 0.4) is 0 Å². The number of esters is 1. The number of hydrogen-bond donors (Lipinski definition) is 2. The lowest BCUT2D eigenvalue weighted by Gasteiger charge is -2.09. The van der Waals surface area contributed by atoms with E-state index in [1.807, 2.05) is 6.92 Å². The largest absolute Gasteiger partial charge is 0.465 e. The molecule has 6 heteroatoms. The summed E-state index contributed by atoms with van der Waals surface area (Å²) in [5.41, 5.74) is 1.82. The van der Waals surface area contributed by atoms with Crippen molar-refractivity contribution in [3.05, 3.63) is 35.1 Å². The van der Waals surface area contributed by atoms with Crippen LogP contribution in [-0.4, -0.2) is 31.7 Å². The molecule has 2 amide bonds. The Morgan fingerprint density at radius 1 is 1.30 bits per heavy atom. The van der Waals surface area contributed by atoms with Gasteiger partial charge in [-0.2, -0.15) is 0 Å². The zero-order valence-electron chi connectivity index (χ0n) is 11.7. The number of aryl methyl sites for hydroxylation is 1. The van der Waals surface area contributed by atoms with Gasteiger partial charge < -0.3 is 15.4 Å². The molecular formula is C14H19FN2O3. The van der Waals surface area contributed by atoms with Gasteiger partial charge in [0.05, 0.1) is 6.61 Å². The average molecular weight is 282 g/mol. The summed E-state index contributed by atoms with van der Waals surface area (Å²) in [7, 11) is 0. The lowest BCUT2D eigenvalue weighted by molar-refractivity contribution is -0.141. The fourth-order valence-electron chi connectivity index (χ4n) is 1.68. The smallest absolute Gasteiger partial charge is 0.325 e. The summed E-state index contributed by atoms with van der Waals surface area (Å²) in [6, 6.07) is 4.11. The van der Waals surface area contributed by atoms with Crippen LogP contribution in [0.1, 0.15) is 18.1 Å². The maximum Gasteiger partial charge on any atom is 0.325 e. The van der Waals surface area contributed by atoms with Crippen molar-refractivity contribution in [2.45, 2.75) is 20.3 Å². The molecule has 0 aromatic heterocycles. The minimum atomic E-state index is -0.475. The van der Waals surface area contributed by atoms with Crippen molar-refractivity contribution in [2.24, 2.45) is 0 Å². The molecule has 0 saturated heterocycles. The normalized spacial score (nSPS) is 9.95. The minimum Gasteiger partial charge on any atom is -0.465 e. The fourth-order valence-corrected chi connectivity index (χ4v) is 1.68. The van der Waals surface area contributed by atoms with Gasteiger partial charge in [0.1, 0.15) is 12.4 Å². The zero-order valence-corrected chi connectivity index (χ0v) is 11.7. The number of carbonyl (C=O) groups excluding carboxylic acids is 2. The number of carbonyl (C=O) groups is 2. The van der Waals surface area contributed by atoms with Gasteiger partial charge in [0, 0.05) is 6.54 Å². The molecule has 20 heavy (non-hydrogen) atoms. The number of ether oxygens (including phenoxy) is 1. The van der Waals surface area contributed by atoms with E-state index in [9.17, 15) is 14.0 Å². The van der Waals surface area contributed by atoms with Crippen molar-refractivity contribution in [2.75, 3.05) is 19.7 Å². The van der Waals surface area contributed by atoms with Gasteiger partial charge in [-0.05, 0) is 43.5 Å². The van der Waals surface area contributed by atoms with Crippen molar-refractivity contribution in [1.29, 1.82) is 0 Å². The lowest BCUT2D eigenvalue weighted by atomic mass is 10.1. The van der Waals surface area contributed by atoms with E-state index in [1.54, 1.807) is 13.0 Å². The second-order valence-corrected chi connectivity index (χ2v) is 4.24. The molecule has 2 N–H and O–H groups in total. The van der Waals surface area contributed by atoms with Crippen molar-refractivity contribution in [1.82, 2.24) is 10.6 Å². The third-order valence-electron chi connectivity index (χ3n) is 2.68. The maximum absolute atomic E-state index is 12.9. The van der Waals surface area contributed by atoms with Crippen molar-refractivity contribution in [3.8, 4) is 0 Å². The molecule has 0 saturated carbocycles. The van der Waals surface area contributed by atoms with Crippen LogP contribution < -0.4 is 10.6 Å².